The van der Waals surface area contributed by atoms with Crippen LogP contribution in [0.3, 0.4) is 0 Å². The number of anilines is 1. The lowest BCUT2D eigenvalue weighted by atomic mass is 10.2. The van der Waals surface area contributed by atoms with Gasteiger partial charge < -0.3 is 13.9 Å². The van der Waals surface area contributed by atoms with Crippen LogP contribution >= 0.6 is 11.6 Å². The van der Waals surface area contributed by atoms with Gasteiger partial charge in [-0.05, 0) is 24.3 Å². The van der Waals surface area contributed by atoms with Gasteiger partial charge in [0.25, 0.3) is 5.91 Å². The molecule has 0 aliphatic rings. The largest absolute Gasteiger partial charge is 0.497 e. The van der Waals surface area contributed by atoms with Crippen molar-refractivity contribution in [1.29, 1.82) is 0 Å². The number of hydrogen-bond acceptors (Lipinski definition) is 6. The van der Waals surface area contributed by atoms with E-state index in [1.165, 1.54) is 0 Å². The minimum Gasteiger partial charge on any atom is -0.497 e. The minimum absolute atomic E-state index is 0.0401. The molecule has 3 rings (SSSR count). The maximum atomic E-state index is 12.2. The molecule has 1 amide bonds. The van der Waals surface area contributed by atoms with Crippen LogP contribution in [-0.4, -0.2) is 30.3 Å². The molecule has 2 aromatic carbocycles. The van der Waals surface area contributed by atoms with E-state index in [4.69, 9.17) is 25.5 Å². The molecule has 0 atom stereocenters. The molecule has 8 heteroatoms. The lowest BCUT2D eigenvalue weighted by molar-refractivity contribution is 0.102. The van der Waals surface area contributed by atoms with E-state index >= 15 is 0 Å². The van der Waals surface area contributed by atoms with Gasteiger partial charge in [0.15, 0.2) is 0 Å². The van der Waals surface area contributed by atoms with Crippen LogP contribution in [0.5, 0.6) is 11.5 Å². The van der Waals surface area contributed by atoms with E-state index in [-0.39, 0.29) is 11.9 Å². The normalized spacial score (nSPS) is 10.4. The van der Waals surface area contributed by atoms with Crippen molar-refractivity contribution in [2.75, 3.05) is 19.5 Å². The zero-order chi connectivity index (χ0) is 17.8. The molecule has 25 heavy (non-hydrogen) atoms. The molecular formula is C17H14ClN3O4. The Balaban J connectivity index is 1.83. The van der Waals surface area contributed by atoms with Crippen LogP contribution in [0.2, 0.25) is 5.02 Å². The number of hydrogen-bond donors (Lipinski definition) is 1. The predicted octanol–water partition coefficient (Wildman–Crippen LogP) is 3.66. The summed E-state index contributed by atoms with van der Waals surface area (Å²) in [5.74, 6) is 0.930. The topological polar surface area (TPSA) is 86.5 Å². The number of rotatable bonds is 5. The van der Waals surface area contributed by atoms with E-state index in [1.54, 1.807) is 56.7 Å². The first-order valence-electron chi connectivity index (χ1n) is 7.23. The molecule has 0 aliphatic carbocycles. The van der Waals surface area contributed by atoms with Crippen molar-refractivity contribution >= 4 is 23.5 Å². The van der Waals surface area contributed by atoms with E-state index in [0.29, 0.717) is 27.6 Å². The minimum atomic E-state index is -0.441. The maximum Gasteiger partial charge on any atom is 0.322 e. The summed E-state index contributed by atoms with van der Waals surface area (Å²) >= 11 is 6.00. The number of carbonyl (C=O) groups excluding carboxylic acids is 1. The number of aromatic nitrogens is 2. The molecule has 0 fully saturated rings. The molecule has 3 aromatic rings. The molecule has 1 heterocycles. The van der Waals surface area contributed by atoms with Gasteiger partial charge >= 0.3 is 6.01 Å². The van der Waals surface area contributed by atoms with Crippen LogP contribution in [-0.2, 0) is 0 Å². The van der Waals surface area contributed by atoms with Crippen molar-refractivity contribution in [2.24, 2.45) is 0 Å². The van der Waals surface area contributed by atoms with Gasteiger partial charge in [0.05, 0.1) is 24.8 Å². The highest BCUT2D eigenvalue weighted by molar-refractivity contribution is 6.34. The van der Waals surface area contributed by atoms with E-state index in [0.717, 1.165) is 0 Å². The Bertz CT molecular complexity index is 888. The Morgan fingerprint density at radius 2 is 1.76 bits per heavy atom. The number of halogens is 1. The van der Waals surface area contributed by atoms with E-state index in [1.807, 2.05) is 0 Å². The first-order chi connectivity index (χ1) is 12.1. The molecule has 1 N–H and O–H groups in total. The number of benzene rings is 2. The maximum absolute atomic E-state index is 12.2. The molecule has 0 bridgehead atoms. The van der Waals surface area contributed by atoms with Gasteiger partial charge in [-0.2, -0.15) is 0 Å². The average molecular weight is 360 g/mol. The van der Waals surface area contributed by atoms with E-state index in [9.17, 15) is 4.79 Å². The average Bonchev–Trinajstić information content (AvgIpc) is 3.10. The summed E-state index contributed by atoms with van der Waals surface area (Å²) in [6.07, 6.45) is 0. The summed E-state index contributed by atoms with van der Waals surface area (Å²) in [6.45, 7) is 0. The standard InChI is InChI=1S/C17H14ClN3O4/c1-23-11-7-10(8-12(9-11)24-2)16-20-21-17(25-16)19-15(22)13-5-3-4-6-14(13)18/h3-9H,1-2H3,(H,19,21,22). The van der Waals surface area contributed by atoms with Gasteiger partial charge in [-0.15, -0.1) is 5.10 Å². The Kier molecular flexibility index (Phi) is 4.85. The highest BCUT2D eigenvalue weighted by atomic mass is 35.5. The SMILES string of the molecule is COc1cc(OC)cc(-c2nnc(NC(=O)c3ccccc3Cl)o2)c1. The lowest BCUT2D eigenvalue weighted by Gasteiger charge is -2.05. The van der Waals surface area contributed by atoms with Crippen molar-refractivity contribution in [3.63, 3.8) is 0 Å². The number of nitrogens with one attached hydrogen (secondary N) is 1. The van der Waals surface area contributed by atoms with E-state index < -0.39 is 5.91 Å². The molecule has 0 saturated heterocycles. The molecule has 0 unspecified atom stereocenters. The number of nitrogens with zero attached hydrogens (tertiary/aromatic N) is 2. The van der Waals surface area contributed by atoms with Crippen LogP contribution in [0, 0.1) is 0 Å². The third kappa shape index (κ3) is 3.72. The van der Waals surface area contributed by atoms with Crippen LogP contribution in [0.4, 0.5) is 6.01 Å². The highest BCUT2D eigenvalue weighted by Gasteiger charge is 2.15. The summed E-state index contributed by atoms with van der Waals surface area (Å²) < 4.78 is 15.9. The van der Waals surface area contributed by atoms with Crippen molar-refractivity contribution in [1.82, 2.24) is 10.2 Å². The molecule has 0 saturated carbocycles. The lowest BCUT2D eigenvalue weighted by Crippen LogP contribution is -2.12. The second kappa shape index (κ2) is 7.23. The second-order valence-corrected chi connectivity index (χ2v) is 5.35. The summed E-state index contributed by atoms with van der Waals surface area (Å²) in [7, 11) is 3.09. The number of amides is 1. The van der Waals surface area contributed by atoms with Crippen molar-refractivity contribution in [3.05, 3.63) is 53.1 Å². The molecule has 0 spiro atoms. The summed E-state index contributed by atoms with van der Waals surface area (Å²) in [5.41, 5.74) is 0.911. The summed E-state index contributed by atoms with van der Waals surface area (Å²) in [6, 6.07) is 11.8. The Morgan fingerprint density at radius 1 is 1.08 bits per heavy atom. The fourth-order valence-corrected chi connectivity index (χ4v) is 2.35. The fraction of sp³-hybridized carbons (Fsp3) is 0.118. The van der Waals surface area contributed by atoms with Crippen molar-refractivity contribution in [3.8, 4) is 23.0 Å². The quantitative estimate of drug-likeness (QED) is 0.748. The van der Waals surface area contributed by atoms with Gasteiger partial charge in [0, 0.05) is 11.6 Å². The first kappa shape index (κ1) is 16.8. The van der Waals surface area contributed by atoms with Gasteiger partial charge in [-0.3, -0.25) is 10.1 Å². The third-order valence-corrected chi connectivity index (χ3v) is 3.69. The fourth-order valence-electron chi connectivity index (χ4n) is 2.13. The van der Waals surface area contributed by atoms with Crippen molar-refractivity contribution in [2.45, 2.75) is 0 Å². The predicted molar refractivity (Wildman–Crippen MR) is 92.2 cm³/mol. The van der Waals surface area contributed by atoms with Crippen LogP contribution in [0.15, 0.2) is 46.9 Å². The van der Waals surface area contributed by atoms with E-state index in [2.05, 4.69) is 15.5 Å². The summed E-state index contributed by atoms with van der Waals surface area (Å²) in [4.78, 5) is 12.2. The summed E-state index contributed by atoms with van der Waals surface area (Å²) in [5, 5.41) is 10.6. The number of carbonyl (C=O) groups is 1. The molecular weight excluding hydrogens is 346 g/mol. The molecule has 1 aromatic heterocycles. The third-order valence-electron chi connectivity index (χ3n) is 3.36. The van der Waals surface area contributed by atoms with Crippen LogP contribution in [0.25, 0.3) is 11.5 Å². The molecule has 7 nitrogen and oxygen atoms in total. The molecule has 0 aliphatic heterocycles. The van der Waals surface area contributed by atoms with Gasteiger partial charge in [0.2, 0.25) is 5.89 Å². The number of methoxy groups -OCH3 is 2. The second-order valence-electron chi connectivity index (χ2n) is 4.95. The van der Waals surface area contributed by atoms with Crippen molar-refractivity contribution < 1.29 is 18.7 Å². The monoisotopic (exact) mass is 359 g/mol. The Hall–Kier alpha value is -3.06. The first-order valence-corrected chi connectivity index (χ1v) is 7.61. The smallest absolute Gasteiger partial charge is 0.322 e. The van der Waals surface area contributed by atoms with Gasteiger partial charge in [-0.1, -0.05) is 28.8 Å². The van der Waals surface area contributed by atoms with Crippen LogP contribution < -0.4 is 14.8 Å². The van der Waals surface area contributed by atoms with Gasteiger partial charge in [0.1, 0.15) is 11.5 Å². The highest BCUT2D eigenvalue weighted by Crippen LogP contribution is 2.29. The zero-order valence-corrected chi connectivity index (χ0v) is 14.2. The Morgan fingerprint density at radius 3 is 2.40 bits per heavy atom. The molecule has 128 valence electrons. The molecule has 0 radical (unpaired) electrons. The zero-order valence-electron chi connectivity index (χ0n) is 13.4. The Labute approximate surface area is 148 Å². The number of ether oxygens (including phenoxy) is 2. The van der Waals surface area contributed by atoms with Crippen LogP contribution in [0.1, 0.15) is 10.4 Å². The van der Waals surface area contributed by atoms with Gasteiger partial charge in [-0.25, -0.2) is 0 Å².